The molecular formula is C14H22ClN3O2S. The van der Waals surface area contributed by atoms with Crippen molar-refractivity contribution in [1.29, 1.82) is 5.26 Å². The number of nitrogens with zero attached hydrogens (tertiary/aromatic N) is 2. The molecule has 0 heterocycles. The van der Waals surface area contributed by atoms with Gasteiger partial charge in [0.15, 0.2) is 0 Å². The monoisotopic (exact) mass is 331 g/mol. The van der Waals surface area contributed by atoms with Crippen molar-refractivity contribution in [3.63, 3.8) is 0 Å². The SMILES string of the molecule is CN(CC(C)(C)CN)S(=O)(=O)Cc1cccc(C#N)c1.Cl. The van der Waals surface area contributed by atoms with Gasteiger partial charge in [-0.2, -0.15) is 5.26 Å². The van der Waals surface area contributed by atoms with Crippen molar-refractivity contribution in [3.8, 4) is 6.07 Å². The summed E-state index contributed by atoms with van der Waals surface area (Å²) in [6, 6.07) is 8.65. The highest BCUT2D eigenvalue weighted by molar-refractivity contribution is 7.88. The van der Waals surface area contributed by atoms with Crippen LogP contribution in [0.3, 0.4) is 0 Å². The van der Waals surface area contributed by atoms with Crippen LogP contribution in [0.2, 0.25) is 0 Å². The molecule has 0 amide bonds. The lowest BCUT2D eigenvalue weighted by atomic mass is 9.94. The molecule has 0 bridgehead atoms. The Kier molecular flexibility index (Phi) is 7.34. The van der Waals surface area contributed by atoms with Gasteiger partial charge in [0.05, 0.1) is 17.4 Å². The summed E-state index contributed by atoms with van der Waals surface area (Å²) in [6.45, 7) is 4.63. The zero-order valence-corrected chi connectivity index (χ0v) is 14.2. The molecule has 0 aliphatic carbocycles. The Morgan fingerprint density at radius 2 is 2.00 bits per heavy atom. The molecule has 1 rings (SSSR count). The second-order valence-electron chi connectivity index (χ2n) is 5.69. The standard InChI is InChI=1S/C14H21N3O2S.ClH/c1-14(2,10-16)11-17(3)20(18,19)9-13-6-4-5-12(7-13)8-15;/h4-7H,9-11,16H2,1-3H3;1H. The maximum atomic E-state index is 12.3. The Bertz CT molecular complexity index is 609. The number of nitriles is 1. The number of halogens is 1. The third-order valence-corrected chi connectivity index (χ3v) is 4.86. The van der Waals surface area contributed by atoms with Crippen LogP contribution in [0.4, 0.5) is 0 Å². The van der Waals surface area contributed by atoms with E-state index in [1.807, 2.05) is 19.9 Å². The molecule has 0 saturated carbocycles. The van der Waals surface area contributed by atoms with Gasteiger partial charge >= 0.3 is 0 Å². The normalized spacial score (nSPS) is 11.8. The van der Waals surface area contributed by atoms with E-state index in [0.717, 1.165) is 0 Å². The second kappa shape index (κ2) is 7.76. The summed E-state index contributed by atoms with van der Waals surface area (Å²) >= 11 is 0. The Hall–Kier alpha value is -1.13. The molecule has 118 valence electrons. The van der Waals surface area contributed by atoms with Crippen molar-refractivity contribution in [3.05, 3.63) is 35.4 Å². The van der Waals surface area contributed by atoms with Gasteiger partial charge in [0, 0.05) is 13.6 Å². The maximum Gasteiger partial charge on any atom is 0.218 e. The van der Waals surface area contributed by atoms with Gasteiger partial charge in [-0.15, -0.1) is 12.4 Å². The van der Waals surface area contributed by atoms with E-state index in [-0.39, 0.29) is 23.6 Å². The molecule has 0 fully saturated rings. The average molecular weight is 332 g/mol. The van der Waals surface area contributed by atoms with Crippen molar-refractivity contribution >= 4 is 22.4 Å². The molecule has 21 heavy (non-hydrogen) atoms. The van der Waals surface area contributed by atoms with E-state index in [1.165, 1.54) is 4.31 Å². The van der Waals surface area contributed by atoms with Crippen LogP contribution in [-0.4, -0.2) is 32.9 Å². The van der Waals surface area contributed by atoms with Gasteiger partial charge in [0.25, 0.3) is 0 Å². The van der Waals surface area contributed by atoms with Crippen molar-refractivity contribution < 1.29 is 8.42 Å². The summed E-state index contributed by atoms with van der Waals surface area (Å²) in [7, 11) is -1.86. The molecule has 0 saturated heterocycles. The molecular weight excluding hydrogens is 310 g/mol. The molecule has 0 aliphatic heterocycles. The molecule has 0 atom stereocenters. The van der Waals surface area contributed by atoms with Crippen molar-refractivity contribution in [2.24, 2.45) is 11.1 Å². The first-order chi connectivity index (χ1) is 9.20. The van der Waals surface area contributed by atoms with E-state index in [0.29, 0.717) is 24.2 Å². The van der Waals surface area contributed by atoms with Crippen LogP contribution in [0.25, 0.3) is 0 Å². The smallest absolute Gasteiger partial charge is 0.218 e. The van der Waals surface area contributed by atoms with Gasteiger partial charge in [0.2, 0.25) is 10.0 Å². The fourth-order valence-corrected chi connectivity index (χ4v) is 3.18. The topological polar surface area (TPSA) is 87.2 Å². The Morgan fingerprint density at radius 1 is 1.38 bits per heavy atom. The van der Waals surface area contributed by atoms with E-state index in [1.54, 1.807) is 31.3 Å². The summed E-state index contributed by atoms with van der Waals surface area (Å²) in [5.74, 6) is -0.111. The lowest BCUT2D eigenvalue weighted by Crippen LogP contribution is -2.40. The summed E-state index contributed by atoms with van der Waals surface area (Å²) in [6.07, 6.45) is 0. The Morgan fingerprint density at radius 3 is 2.52 bits per heavy atom. The third-order valence-electron chi connectivity index (χ3n) is 3.08. The van der Waals surface area contributed by atoms with Gasteiger partial charge in [-0.1, -0.05) is 26.0 Å². The molecule has 5 nitrogen and oxygen atoms in total. The van der Waals surface area contributed by atoms with Gasteiger partial charge in [-0.25, -0.2) is 12.7 Å². The maximum absolute atomic E-state index is 12.3. The van der Waals surface area contributed by atoms with Gasteiger partial charge < -0.3 is 5.73 Å². The first-order valence-electron chi connectivity index (χ1n) is 6.33. The number of benzene rings is 1. The van der Waals surface area contributed by atoms with E-state index in [9.17, 15) is 8.42 Å². The minimum atomic E-state index is -3.41. The fraction of sp³-hybridized carbons (Fsp3) is 0.500. The van der Waals surface area contributed by atoms with Crippen molar-refractivity contribution in [2.45, 2.75) is 19.6 Å². The predicted octanol–water partition coefficient (Wildman–Crippen LogP) is 1.73. The minimum absolute atomic E-state index is 0. The molecule has 1 aromatic carbocycles. The van der Waals surface area contributed by atoms with E-state index in [2.05, 4.69) is 0 Å². The zero-order chi connectivity index (χ0) is 15.4. The Labute approximate surface area is 133 Å². The molecule has 0 spiro atoms. The highest BCUT2D eigenvalue weighted by atomic mass is 35.5. The average Bonchev–Trinajstić information content (AvgIpc) is 2.38. The summed E-state index contributed by atoms with van der Waals surface area (Å²) in [5.41, 5.74) is 6.44. The minimum Gasteiger partial charge on any atom is -0.330 e. The van der Waals surface area contributed by atoms with Crippen LogP contribution in [0.15, 0.2) is 24.3 Å². The van der Waals surface area contributed by atoms with Gasteiger partial charge in [-0.3, -0.25) is 0 Å². The molecule has 0 aliphatic rings. The van der Waals surface area contributed by atoms with Crippen LogP contribution in [-0.2, 0) is 15.8 Å². The van der Waals surface area contributed by atoms with Gasteiger partial charge in [-0.05, 0) is 29.7 Å². The molecule has 2 N–H and O–H groups in total. The lowest BCUT2D eigenvalue weighted by Gasteiger charge is -2.28. The first-order valence-corrected chi connectivity index (χ1v) is 7.94. The second-order valence-corrected chi connectivity index (χ2v) is 7.77. The molecule has 1 aromatic rings. The summed E-state index contributed by atoms with van der Waals surface area (Å²) < 4.78 is 25.9. The predicted molar refractivity (Wildman–Crippen MR) is 86.5 cm³/mol. The van der Waals surface area contributed by atoms with E-state index >= 15 is 0 Å². The summed E-state index contributed by atoms with van der Waals surface area (Å²) in [5, 5.41) is 8.83. The molecule has 0 aromatic heterocycles. The van der Waals surface area contributed by atoms with E-state index in [4.69, 9.17) is 11.0 Å². The lowest BCUT2D eigenvalue weighted by molar-refractivity contribution is 0.291. The molecule has 7 heteroatoms. The van der Waals surface area contributed by atoms with Crippen LogP contribution >= 0.6 is 12.4 Å². The highest BCUT2D eigenvalue weighted by Crippen LogP contribution is 2.18. The van der Waals surface area contributed by atoms with Crippen LogP contribution in [0.5, 0.6) is 0 Å². The van der Waals surface area contributed by atoms with E-state index < -0.39 is 10.0 Å². The molecule has 0 unspecified atom stereocenters. The van der Waals surface area contributed by atoms with Crippen LogP contribution in [0.1, 0.15) is 25.0 Å². The van der Waals surface area contributed by atoms with Crippen molar-refractivity contribution in [1.82, 2.24) is 4.31 Å². The Balaban J connectivity index is 0.00000400. The molecule has 0 radical (unpaired) electrons. The van der Waals surface area contributed by atoms with Crippen molar-refractivity contribution in [2.75, 3.05) is 20.1 Å². The number of rotatable bonds is 6. The number of hydrogen-bond acceptors (Lipinski definition) is 4. The van der Waals surface area contributed by atoms with Crippen LogP contribution < -0.4 is 5.73 Å². The highest BCUT2D eigenvalue weighted by Gasteiger charge is 2.25. The largest absolute Gasteiger partial charge is 0.330 e. The fourth-order valence-electron chi connectivity index (χ4n) is 1.82. The van der Waals surface area contributed by atoms with Gasteiger partial charge in [0.1, 0.15) is 0 Å². The van der Waals surface area contributed by atoms with Crippen LogP contribution in [0, 0.1) is 16.7 Å². The zero-order valence-electron chi connectivity index (χ0n) is 12.5. The first kappa shape index (κ1) is 19.9. The number of hydrogen-bond donors (Lipinski definition) is 1. The number of nitrogens with two attached hydrogens (primary N) is 1. The summed E-state index contributed by atoms with van der Waals surface area (Å²) in [4.78, 5) is 0. The number of sulfonamides is 1. The quantitative estimate of drug-likeness (QED) is 0.859. The third kappa shape index (κ3) is 6.02.